The van der Waals surface area contributed by atoms with Gasteiger partial charge in [0, 0.05) is 19.6 Å². The lowest BCUT2D eigenvalue weighted by Gasteiger charge is -2.31. The molecule has 2 aliphatic carbocycles. The fraction of sp³-hybridized carbons (Fsp3) is 0.611. The predicted molar refractivity (Wildman–Crippen MR) is 90.0 cm³/mol. The van der Waals surface area contributed by atoms with Gasteiger partial charge in [0.1, 0.15) is 0 Å². The van der Waals surface area contributed by atoms with E-state index in [1.807, 2.05) is 0 Å². The van der Waals surface area contributed by atoms with Crippen LogP contribution in [-0.2, 0) is 17.8 Å². The van der Waals surface area contributed by atoms with Gasteiger partial charge < -0.3 is 10.2 Å². The van der Waals surface area contributed by atoms with Crippen LogP contribution in [-0.4, -0.2) is 29.9 Å². The highest BCUT2D eigenvalue weighted by atomic mass is 35.5. The monoisotopic (exact) mass is 320 g/mol. The highest BCUT2D eigenvalue weighted by Gasteiger charge is 2.35. The van der Waals surface area contributed by atoms with E-state index in [1.165, 1.54) is 36.8 Å². The quantitative estimate of drug-likeness (QED) is 0.905. The van der Waals surface area contributed by atoms with Crippen LogP contribution in [0.25, 0.3) is 0 Å². The lowest BCUT2D eigenvalue weighted by atomic mass is 9.95. The Morgan fingerprint density at radius 3 is 2.23 bits per heavy atom. The maximum Gasteiger partial charge on any atom is 0.240 e. The van der Waals surface area contributed by atoms with E-state index < -0.39 is 0 Å². The SMILES string of the molecule is Cl.O=C(C1Cc2ccccc2CN1)N(CC1CC1)CC1CC1. The standard InChI is InChI=1S/C18H24N2O.ClH/c21-18(20(11-13-5-6-13)12-14-7-8-14)17-9-15-3-1-2-4-16(15)10-19-17;/h1-4,13-14,17,19H,5-12H2;1H. The molecule has 22 heavy (non-hydrogen) atoms. The van der Waals surface area contributed by atoms with Crippen molar-refractivity contribution in [1.82, 2.24) is 10.2 Å². The minimum absolute atomic E-state index is 0. The number of rotatable bonds is 5. The molecule has 0 saturated heterocycles. The van der Waals surface area contributed by atoms with E-state index in [4.69, 9.17) is 0 Å². The number of nitrogens with one attached hydrogen (secondary N) is 1. The molecule has 1 N–H and O–H groups in total. The van der Waals surface area contributed by atoms with Crippen molar-refractivity contribution in [2.24, 2.45) is 11.8 Å². The number of amides is 1. The van der Waals surface area contributed by atoms with Gasteiger partial charge in [-0.1, -0.05) is 24.3 Å². The Balaban J connectivity index is 0.00000144. The van der Waals surface area contributed by atoms with E-state index >= 15 is 0 Å². The van der Waals surface area contributed by atoms with Crippen molar-refractivity contribution < 1.29 is 4.79 Å². The molecule has 0 aromatic heterocycles. The van der Waals surface area contributed by atoms with Crippen molar-refractivity contribution in [2.45, 2.75) is 44.7 Å². The Kier molecular flexibility index (Phi) is 4.74. The summed E-state index contributed by atoms with van der Waals surface area (Å²) < 4.78 is 0. The van der Waals surface area contributed by atoms with Crippen LogP contribution in [0.15, 0.2) is 24.3 Å². The molecule has 2 fully saturated rings. The van der Waals surface area contributed by atoms with Gasteiger partial charge in [0.25, 0.3) is 0 Å². The summed E-state index contributed by atoms with van der Waals surface area (Å²) in [4.78, 5) is 15.1. The first-order valence-electron chi connectivity index (χ1n) is 8.38. The molecule has 1 amide bonds. The van der Waals surface area contributed by atoms with Crippen LogP contribution in [0.3, 0.4) is 0 Å². The molecule has 120 valence electrons. The number of carbonyl (C=O) groups is 1. The lowest BCUT2D eigenvalue weighted by molar-refractivity contribution is -0.134. The molecule has 0 bridgehead atoms. The Morgan fingerprint density at radius 2 is 1.64 bits per heavy atom. The number of hydrogen-bond donors (Lipinski definition) is 1. The first-order valence-corrected chi connectivity index (χ1v) is 8.38. The summed E-state index contributed by atoms with van der Waals surface area (Å²) >= 11 is 0. The molecule has 0 spiro atoms. The van der Waals surface area contributed by atoms with Gasteiger partial charge in [-0.25, -0.2) is 0 Å². The molecular weight excluding hydrogens is 296 g/mol. The topological polar surface area (TPSA) is 32.3 Å². The van der Waals surface area contributed by atoms with Crippen molar-refractivity contribution in [3.05, 3.63) is 35.4 Å². The van der Waals surface area contributed by atoms with Crippen LogP contribution >= 0.6 is 12.4 Å². The number of hydrogen-bond acceptors (Lipinski definition) is 2. The number of fused-ring (bicyclic) bond motifs is 1. The highest BCUT2D eigenvalue weighted by Crippen LogP contribution is 2.34. The third kappa shape index (κ3) is 3.64. The van der Waals surface area contributed by atoms with E-state index in [0.29, 0.717) is 5.91 Å². The molecule has 1 aromatic rings. The van der Waals surface area contributed by atoms with Crippen LogP contribution < -0.4 is 5.32 Å². The van der Waals surface area contributed by atoms with Crippen LogP contribution in [0, 0.1) is 11.8 Å². The first-order chi connectivity index (χ1) is 10.3. The van der Waals surface area contributed by atoms with Crippen molar-refractivity contribution in [3.63, 3.8) is 0 Å². The van der Waals surface area contributed by atoms with Crippen LogP contribution in [0.4, 0.5) is 0 Å². The molecule has 1 atom stereocenters. The summed E-state index contributed by atoms with van der Waals surface area (Å²) in [6.45, 7) is 2.82. The van der Waals surface area contributed by atoms with Gasteiger partial charge in [0.05, 0.1) is 6.04 Å². The molecule has 4 heteroatoms. The number of halogens is 1. The molecule has 1 heterocycles. The second kappa shape index (κ2) is 6.59. The van der Waals surface area contributed by atoms with Crippen molar-refractivity contribution in [2.75, 3.05) is 13.1 Å². The molecular formula is C18H25ClN2O. The lowest BCUT2D eigenvalue weighted by Crippen LogP contribution is -2.50. The minimum Gasteiger partial charge on any atom is -0.341 e. The average Bonchev–Trinajstić information content (AvgIpc) is 3.41. The molecule has 1 aliphatic heterocycles. The summed E-state index contributed by atoms with van der Waals surface area (Å²) in [5, 5.41) is 3.45. The molecule has 0 radical (unpaired) electrons. The Hall–Kier alpha value is -1.06. The van der Waals surface area contributed by atoms with Crippen LogP contribution in [0.5, 0.6) is 0 Å². The van der Waals surface area contributed by atoms with Crippen molar-refractivity contribution >= 4 is 18.3 Å². The second-order valence-electron chi connectivity index (χ2n) is 7.04. The Labute approximate surface area is 138 Å². The normalized spacial score (nSPS) is 23.4. The van der Waals surface area contributed by atoms with Gasteiger partial charge in [0.15, 0.2) is 0 Å². The van der Waals surface area contributed by atoms with Gasteiger partial charge >= 0.3 is 0 Å². The number of benzene rings is 1. The fourth-order valence-electron chi connectivity index (χ4n) is 3.33. The largest absolute Gasteiger partial charge is 0.341 e. The van der Waals surface area contributed by atoms with E-state index in [2.05, 4.69) is 34.5 Å². The molecule has 2 saturated carbocycles. The number of carbonyl (C=O) groups excluding carboxylic acids is 1. The van der Waals surface area contributed by atoms with Gasteiger partial charge in [-0.2, -0.15) is 0 Å². The molecule has 4 rings (SSSR count). The van der Waals surface area contributed by atoms with E-state index in [-0.39, 0.29) is 18.4 Å². The maximum atomic E-state index is 12.9. The Bertz CT molecular complexity index is 526. The van der Waals surface area contributed by atoms with Gasteiger partial charge in [0.2, 0.25) is 5.91 Å². The molecule has 3 aliphatic rings. The van der Waals surface area contributed by atoms with E-state index in [9.17, 15) is 4.79 Å². The van der Waals surface area contributed by atoms with Crippen molar-refractivity contribution in [1.29, 1.82) is 0 Å². The van der Waals surface area contributed by atoms with Crippen LogP contribution in [0.2, 0.25) is 0 Å². The smallest absolute Gasteiger partial charge is 0.240 e. The van der Waals surface area contributed by atoms with Gasteiger partial charge in [-0.15, -0.1) is 12.4 Å². The zero-order valence-corrected chi connectivity index (χ0v) is 13.8. The molecule has 1 aromatic carbocycles. The molecule has 1 unspecified atom stereocenters. The fourth-order valence-corrected chi connectivity index (χ4v) is 3.33. The summed E-state index contributed by atoms with van der Waals surface area (Å²) in [6, 6.07) is 8.47. The Morgan fingerprint density at radius 1 is 1.05 bits per heavy atom. The van der Waals surface area contributed by atoms with E-state index in [0.717, 1.165) is 37.9 Å². The first kappa shape index (κ1) is 15.8. The van der Waals surface area contributed by atoms with E-state index in [1.54, 1.807) is 0 Å². The van der Waals surface area contributed by atoms with Crippen molar-refractivity contribution in [3.8, 4) is 0 Å². The summed E-state index contributed by atoms with van der Waals surface area (Å²) in [7, 11) is 0. The van der Waals surface area contributed by atoms with Gasteiger partial charge in [-0.05, 0) is 55.1 Å². The highest BCUT2D eigenvalue weighted by molar-refractivity contribution is 5.85. The summed E-state index contributed by atoms with van der Waals surface area (Å²) in [5.74, 6) is 1.90. The summed E-state index contributed by atoms with van der Waals surface area (Å²) in [5.41, 5.74) is 2.69. The average molecular weight is 321 g/mol. The maximum absolute atomic E-state index is 12.9. The zero-order chi connectivity index (χ0) is 14.2. The van der Waals surface area contributed by atoms with Crippen LogP contribution in [0.1, 0.15) is 36.8 Å². The summed E-state index contributed by atoms with van der Waals surface area (Å²) in [6.07, 6.45) is 6.11. The third-order valence-electron chi connectivity index (χ3n) is 5.04. The van der Waals surface area contributed by atoms with Gasteiger partial charge in [-0.3, -0.25) is 4.79 Å². The number of nitrogens with zero attached hydrogens (tertiary/aromatic N) is 1. The minimum atomic E-state index is -0.0163. The molecule has 3 nitrogen and oxygen atoms in total. The predicted octanol–water partition coefficient (Wildman–Crippen LogP) is 2.77. The third-order valence-corrected chi connectivity index (χ3v) is 5.04. The second-order valence-corrected chi connectivity index (χ2v) is 7.04. The zero-order valence-electron chi connectivity index (χ0n) is 13.0.